The highest BCUT2D eigenvalue weighted by Gasteiger charge is 2.10. The maximum atomic E-state index is 2.38. The van der Waals surface area contributed by atoms with E-state index in [1.165, 1.54) is 54.7 Å². The first-order valence-electron chi connectivity index (χ1n) is 10.6. The molecule has 0 N–H and O–H groups in total. The fourth-order valence-corrected chi connectivity index (χ4v) is 5.02. The summed E-state index contributed by atoms with van der Waals surface area (Å²) in [5, 5.41) is 5.38. The van der Waals surface area contributed by atoms with E-state index in [4.69, 9.17) is 0 Å². The summed E-state index contributed by atoms with van der Waals surface area (Å²) in [5.41, 5.74) is 8.01. The first-order valence-corrected chi connectivity index (χ1v) is 10.6. The van der Waals surface area contributed by atoms with Crippen LogP contribution in [0.4, 0.5) is 0 Å². The molecule has 0 aliphatic heterocycles. The van der Waals surface area contributed by atoms with Crippen LogP contribution >= 0.6 is 0 Å². The van der Waals surface area contributed by atoms with Gasteiger partial charge in [-0.2, -0.15) is 0 Å². The lowest BCUT2D eigenvalue weighted by Gasteiger charge is -2.05. The Balaban J connectivity index is 1.35. The zero-order valence-electron chi connectivity index (χ0n) is 17.4. The molecule has 4 aromatic carbocycles. The van der Waals surface area contributed by atoms with E-state index in [0.29, 0.717) is 0 Å². The van der Waals surface area contributed by atoms with Crippen molar-refractivity contribution in [2.24, 2.45) is 14.1 Å². The molecule has 2 aromatic heterocycles. The van der Waals surface area contributed by atoms with Crippen LogP contribution in [0, 0.1) is 0 Å². The summed E-state index contributed by atoms with van der Waals surface area (Å²) in [6.45, 7) is 0. The molecule has 2 heterocycles. The molecule has 2 heteroatoms. The highest BCUT2D eigenvalue weighted by molar-refractivity contribution is 6.09. The largest absolute Gasteiger partial charge is 0.344 e. The second kappa shape index (κ2) is 6.50. The molecular weight excluding hydrogens is 364 g/mol. The second-order valence-corrected chi connectivity index (χ2v) is 8.36. The van der Waals surface area contributed by atoms with E-state index in [9.17, 15) is 0 Å². The number of para-hydroxylation sites is 2. The number of benzene rings is 4. The SMILES string of the molecule is Cn1c2ccccc2c2cc(CCc3ccc4c5ccccc5n(C)c4c3)ccc21. The third kappa shape index (κ3) is 2.50. The van der Waals surface area contributed by atoms with Crippen molar-refractivity contribution in [3.63, 3.8) is 0 Å². The number of rotatable bonds is 3. The van der Waals surface area contributed by atoms with Crippen LogP contribution in [0.2, 0.25) is 0 Å². The lowest BCUT2D eigenvalue weighted by atomic mass is 10.0. The summed E-state index contributed by atoms with van der Waals surface area (Å²) >= 11 is 0. The lowest BCUT2D eigenvalue weighted by molar-refractivity contribution is 0.956. The van der Waals surface area contributed by atoms with Crippen molar-refractivity contribution in [2.45, 2.75) is 12.8 Å². The van der Waals surface area contributed by atoms with E-state index in [1.54, 1.807) is 0 Å². The number of hydrogen-bond acceptors (Lipinski definition) is 0. The molecule has 0 radical (unpaired) electrons. The first-order chi connectivity index (χ1) is 14.7. The third-order valence-corrected chi connectivity index (χ3v) is 6.66. The van der Waals surface area contributed by atoms with Gasteiger partial charge in [-0.3, -0.25) is 0 Å². The minimum Gasteiger partial charge on any atom is -0.344 e. The molecule has 0 amide bonds. The molecule has 0 atom stereocenters. The van der Waals surface area contributed by atoms with E-state index in [2.05, 4.69) is 108 Å². The standard InChI is InChI=1S/C28H24N2/c1-29-26-10-6-4-8-22(26)24-17-19(14-16-27(24)29)11-12-20-13-15-23-21-7-3-5-9-25(21)30(2)28(23)18-20/h3-10,13-18H,11-12H2,1-2H3. The van der Waals surface area contributed by atoms with Crippen molar-refractivity contribution in [1.29, 1.82) is 0 Å². The van der Waals surface area contributed by atoms with Crippen molar-refractivity contribution < 1.29 is 0 Å². The Morgan fingerprint density at radius 1 is 0.467 bits per heavy atom. The van der Waals surface area contributed by atoms with Crippen molar-refractivity contribution in [2.75, 3.05) is 0 Å². The lowest BCUT2D eigenvalue weighted by Crippen LogP contribution is -1.93. The number of hydrogen-bond donors (Lipinski definition) is 0. The normalized spacial score (nSPS) is 11.9. The molecule has 2 nitrogen and oxygen atoms in total. The summed E-state index contributed by atoms with van der Waals surface area (Å²) in [7, 11) is 4.33. The van der Waals surface area contributed by atoms with Gasteiger partial charge >= 0.3 is 0 Å². The molecule has 0 bridgehead atoms. The smallest absolute Gasteiger partial charge is 0.0491 e. The summed E-state index contributed by atoms with van der Waals surface area (Å²) in [6.07, 6.45) is 2.10. The van der Waals surface area contributed by atoms with Crippen molar-refractivity contribution in [3.8, 4) is 0 Å². The average Bonchev–Trinajstić information content (AvgIpc) is 3.24. The Morgan fingerprint density at radius 3 is 1.70 bits per heavy atom. The zero-order chi connectivity index (χ0) is 20.2. The molecule has 0 aliphatic carbocycles. The highest BCUT2D eigenvalue weighted by atomic mass is 14.9. The van der Waals surface area contributed by atoms with Gasteiger partial charge in [0.05, 0.1) is 0 Å². The van der Waals surface area contributed by atoms with Gasteiger partial charge in [0.1, 0.15) is 0 Å². The predicted molar refractivity (Wildman–Crippen MR) is 128 cm³/mol. The average molecular weight is 389 g/mol. The van der Waals surface area contributed by atoms with Crippen LogP contribution < -0.4 is 0 Å². The van der Waals surface area contributed by atoms with Gasteiger partial charge in [-0.15, -0.1) is 0 Å². The fraction of sp³-hybridized carbons (Fsp3) is 0.143. The van der Waals surface area contributed by atoms with Crippen LogP contribution in [-0.4, -0.2) is 9.13 Å². The highest BCUT2D eigenvalue weighted by Crippen LogP contribution is 2.30. The quantitative estimate of drug-likeness (QED) is 0.317. The maximum Gasteiger partial charge on any atom is 0.0491 e. The Bertz CT molecular complexity index is 1560. The second-order valence-electron chi connectivity index (χ2n) is 8.36. The van der Waals surface area contributed by atoms with Gasteiger partial charge in [-0.25, -0.2) is 0 Å². The van der Waals surface area contributed by atoms with Gasteiger partial charge in [0.2, 0.25) is 0 Å². The van der Waals surface area contributed by atoms with Gasteiger partial charge in [-0.1, -0.05) is 54.6 Å². The van der Waals surface area contributed by atoms with Gasteiger partial charge in [0.25, 0.3) is 0 Å². The molecule has 0 spiro atoms. The number of aromatic nitrogens is 2. The van der Waals surface area contributed by atoms with Gasteiger partial charge in [0, 0.05) is 57.7 Å². The van der Waals surface area contributed by atoms with Crippen LogP contribution in [0.15, 0.2) is 84.9 Å². The molecule has 30 heavy (non-hydrogen) atoms. The molecule has 0 unspecified atom stereocenters. The van der Waals surface area contributed by atoms with Crippen LogP contribution in [0.25, 0.3) is 43.6 Å². The molecule has 6 rings (SSSR count). The van der Waals surface area contributed by atoms with Gasteiger partial charge in [0.15, 0.2) is 0 Å². The van der Waals surface area contributed by atoms with E-state index in [1.807, 2.05) is 0 Å². The van der Waals surface area contributed by atoms with E-state index in [0.717, 1.165) is 12.8 Å². The Hall–Kier alpha value is -3.52. The van der Waals surface area contributed by atoms with Crippen LogP contribution in [-0.2, 0) is 26.9 Å². The maximum absolute atomic E-state index is 2.38. The van der Waals surface area contributed by atoms with Crippen molar-refractivity contribution in [1.82, 2.24) is 9.13 Å². The summed E-state index contributed by atoms with van der Waals surface area (Å²) in [4.78, 5) is 0. The van der Waals surface area contributed by atoms with Gasteiger partial charge in [-0.05, 0) is 54.3 Å². The fourth-order valence-electron chi connectivity index (χ4n) is 5.02. The molecule has 0 fully saturated rings. The molecule has 6 aromatic rings. The minimum absolute atomic E-state index is 1.05. The van der Waals surface area contributed by atoms with Crippen molar-refractivity contribution in [3.05, 3.63) is 96.1 Å². The van der Waals surface area contributed by atoms with E-state index < -0.39 is 0 Å². The molecule has 146 valence electrons. The monoisotopic (exact) mass is 388 g/mol. The zero-order valence-corrected chi connectivity index (χ0v) is 17.4. The first kappa shape index (κ1) is 17.3. The molecule has 0 saturated heterocycles. The van der Waals surface area contributed by atoms with Crippen molar-refractivity contribution >= 4 is 43.6 Å². The number of nitrogens with zero attached hydrogens (tertiary/aromatic N) is 2. The Morgan fingerprint density at radius 2 is 0.967 bits per heavy atom. The van der Waals surface area contributed by atoms with Gasteiger partial charge < -0.3 is 9.13 Å². The minimum atomic E-state index is 1.05. The number of aryl methyl sites for hydroxylation is 4. The Labute approximate surface area is 176 Å². The van der Waals surface area contributed by atoms with Crippen LogP contribution in [0.3, 0.4) is 0 Å². The molecule has 0 aliphatic rings. The Kier molecular flexibility index (Phi) is 3.76. The summed E-state index contributed by atoms with van der Waals surface area (Å²) in [6, 6.07) is 31.2. The summed E-state index contributed by atoms with van der Waals surface area (Å²) in [5.74, 6) is 0. The molecule has 0 saturated carbocycles. The van der Waals surface area contributed by atoms with E-state index >= 15 is 0 Å². The van der Waals surface area contributed by atoms with Crippen LogP contribution in [0.5, 0.6) is 0 Å². The van der Waals surface area contributed by atoms with Crippen LogP contribution in [0.1, 0.15) is 11.1 Å². The summed E-state index contributed by atoms with van der Waals surface area (Å²) < 4.78 is 4.61. The molecular formula is C28H24N2. The predicted octanol–water partition coefficient (Wildman–Crippen LogP) is 6.76. The third-order valence-electron chi connectivity index (χ3n) is 6.66. The topological polar surface area (TPSA) is 9.86 Å². The van der Waals surface area contributed by atoms with E-state index in [-0.39, 0.29) is 0 Å². The number of fused-ring (bicyclic) bond motifs is 6.